The van der Waals surface area contributed by atoms with Crippen molar-refractivity contribution >= 4 is 0 Å². The lowest BCUT2D eigenvalue weighted by atomic mass is 10.3. The summed E-state index contributed by atoms with van der Waals surface area (Å²) in [6.45, 7) is 3.53. The van der Waals surface area contributed by atoms with E-state index < -0.39 is 0 Å². The maximum absolute atomic E-state index is 8.70. The Labute approximate surface area is 51.5 Å². The first-order valence-electron chi connectivity index (χ1n) is 2.39. The molecule has 2 atom stereocenters. The molecule has 1 N–H and O–H groups in total. The number of hydrogen-bond acceptors (Lipinski definition) is 2. The van der Waals surface area contributed by atoms with Crippen LogP contribution in [0, 0.1) is 0 Å². The second-order valence-electron chi connectivity index (χ2n) is 1.68. The summed E-state index contributed by atoms with van der Waals surface area (Å²) in [4.78, 5) is 0. The van der Waals surface area contributed by atoms with Gasteiger partial charge in [-0.05, 0) is 13.8 Å². The molecule has 0 saturated heterocycles. The van der Waals surface area contributed by atoms with Crippen LogP contribution in [-0.2, 0) is 4.74 Å². The van der Waals surface area contributed by atoms with Crippen molar-refractivity contribution in [3.05, 3.63) is 0 Å². The van der Waals surface area contributed by atoms with Crippen molar-refractivity contribution in [1.82, 2.24) is 0 Å². The number of methoxy groups -OCH3 is 1. The van der Waals surface area contributed by atoms with Crippen molar-refractivity contribution in [1.29, 1.82) is 0 Å². The third-order valence-corrected chi connectivity index (χ3v) is 1.05. The van der Waals surface area contributed by atoms with E-state index in [1.54, 1.807) is 14.0 Å². The third-order valence-electron chi connectivity index (χ3n) is 1.05. The van der Waals surface area contributed by atoms with Crippen molar-refractivity contribution in [2.45, 2.75) is 33.5 Å². The molecule has 0 bridgehead atoms. The highest BCUT2D eigenvalue weighted by Crippen LogP contribution is 1.92. The molecule has 0 heterocycles. The lowest BCUT2D eigenvalue weighted by Crippen LogP contribution is -2.20. The zero-order chi connectivity index (χ0) is 5.86. The molecule has 2 heteroatoms. The topological polar surface area (TPSA) is 29.5 Å². The van der Waals surface area contributed by atoms with Crippen LogP contribution in [0.25, 0.3) is 0 Å². The van der Waals surface area contributed by atoms with Crippen molar-refractivity contribution in [2.24, 2.45) is 0 Å². The number of hydrogen-bond donors (Lipinski definition) is 1. The number of ether oxygens (including phenoxy) is 1. The van der Waals surface area contributed by atoms with Gasteiger partial charge in [-0.15, -0.1) is 0 Å². The van der Waals surface area contributed by atoms with Crippen LogP contribution in [0.5, 0.6) is 0 Å². The van der Waals surface area contributed by atoms with Crippen LogP contribution in [-0.4, -0.2) is 24.4 Å². The summed E-state index contributed by atoms with van der Waals surface area (Å²) >= 11 is 0. The van der Waals surface area contributed by atoms with E-state index in [-0.39, 0.29) is 19.6 Å². The minimum atomic E-state index is -0.356. The summed E-state index contributed by atoms with van der Waals surface area (Å²) in [5.41, 5.74) is 0. The maximum atomic E-state index is 8.70. The molecule has 0 aliphatic heterocycles. The fraction of sp³-hybridized carbons (Fsp3) is 1.00. The molecule has 0 aromatic rings. The molecule has 0 saturated carbocycles. The molecule has 0 amide bonds. The first-order chi connectivity index (χ1) is 3.18. The molecule has 2 unspecified atom stereocenters. The van der Waals surface area contributed by atoms with E-state index in [1.165, 1.54) is 0 Å². The van der Waals surface area contributed by atoms with Gasteiger partial charge in [-0.1, -0.05) is 7.43 Å². The Hall–Kier alpha value is -0.0800. The zero-order valence-electron chi connectivity index (χ0n) is 5.01. The minimum Gasteiger partial charge on any atom is -0.391 e. The third kappa shape index (κ3) is 4.09. The minimum absolute atomic E-state index is 0. The lowest BCUT2D eigenvalue weighted by molar-refractivity contribution is 0.00997. The monoisotopic (exact) mass is 120 g/mol. The van der Waals surface area contributed by atoms with Crippen LogP contribution < -0.4 is 0 Å². The van der Waals surface area contributed by atoms with E-state index in [1.807, 2.05) is 6.92 Å². The van der Waals surface area contributed by atoms with Crippen molar-refractivity contribution in [3.8, 4) is 0 Å². The normalized spacial score (nSPS) is 16.5. The highest BCUT2D eigenvalue weighted by molar-refractivity contribution is 4.53. The smallest absolute Gasteiger partial charge is 0.0799 e. The number of rotatable bonds is 2. The summed E-state index contributed by atoms with van der Waals surface area (Å²) in [6, 6.07) is 0. The van der Waals surface area contributed by atoms with Gasteiger partial charge < -0.3 is 9.84 Å². The van der Waals surface area contributed by atoms with Crippen molar-refractivity contribution in [2.75, 3.05) is 7.11 Å². The molecular weight excluding hydrogens is 104 g/mol. The molecule has 0 aromatic carbocycles. The molecule has 2 nitrogen and oxygen atoms in total. The van der Waals surface area contributed by atoms with E-state index >= 15 is 0 Å². The van der Waals surface area contributed by atoms with E-state index in [0.717, 1.165) is 0 Å². The highest BCUT2D eigenvalue weighted by atomic mass is 16.5. The number of aliphatic hydroxyl groups excluding tert-OH is 1. The Kier molecular flexibility index (Phi) is 6.85. The molecule has 8 heavy (non-hydrogen) atoms. The van der Waals surface area contributed by atoms with Gasteiger partial charge in [0, 0.05) is 7.11 Å². The van der Waals surface area contributed by atoms with Crippen molar-refractivity contribution < 1.29 is 9.84 Å². The van der Waals surface area contributed by atoms with Gasteiger partial charge in [0.1, 0.15) is 0 Å². The Balaban J connectivity index is 0. The number of aliphatic hydroxyl groups is 1. The summed E-state index contributed by atoms with van der Waals surface area (Å²) in [7, 11) is 1.58. The molecule has 0 aromatic heterocycles. The molecule has 0 aliphatic rings. The summed E-state index contributed by atoms with van der Waals surface area (Å²) in [5.74, 6) is 0. The van der Waals surface area contributed by atoms with E-state index in [2.05, 4.69) is 0 Å². The highest BCUT2D eigenvalue weighted by Gasteiger charge is 2.03. The van der Waals surface area contributed by atoms with Crippen LogP contribution >= 0.6 is 0 Å². The standard InChI is InChI=1S/C5H12O2.CH4/c1-4(6)5(2)7-3;/h4-6H,1-3H3;1H4. The predicted molar refractivity (Wildman–Crippen MR) is 34.9 cm³/mol. The Bertz CT molecular complexity index is 43.8. The van der Waals surface area contributed by atoms with Crippen LogP contribution in [0.2, 0.25) is 0 Å². The molecule has 52 valence electrons. The van der Waals surface area contributed by atoms with Gasteiger partial charge in [-0.25, -0.2) is 0 Å². The summed E-state index contributed by atoms with van der Waals surface area (Å²) < 4.78 is 4.76. The summed E-state index contributed by atoms with van der Waals surface area (Å²) in [5, 5.41) is 8.70. The Morgan fingerprint density at radius 2 is 1.75 bits per heavy atom. The van der Waals surface area contributed by atoms with Gasteiger partial charge in [0.25, 0.3) is 0 Å². The van der Waals surface area contributed by atoms with E-state index in [9.17, 15) is 0 Å². The Morgan fingerprint density at radius 1 is 1.38 bits per heavy atom. The van der Waals surface area contributed by atoms with E-state index in [4.69, 9.17) is 9.84 Å². The fourth-order valence-electron chi connectivity index (χ4n) is 0.197. The summed E-state index contributed by atoms with van der Waals surface area (Å²) in [6.07, 6.45) is -0.398. The molecule has 0 spiro atoms. The Morgan fingerprint density at radius 3 is 1.75 bits per heavy atom. The molecular formula is C6H16O2. The van der Waals surface area contributed by atoms with Crippen molar-refractivity contribution in [3.63, 3.8) is 0 Å². The zero-order valence-corrected chi connectivity index (χ0v) is 5.01. The first-order valence-corrected chi connectivity index (χ1v) is 2.39. The quantitative estimate of drug-likeness (QED) is 0.590. The first kappa shape index (κ1) is 10.8. The van der Waals surface area contributed by atoms with Gasteiger partial charge in [0.2, 0.25) is 0 Å². The van der Waals surface area contributed by atoms with Crippen LogP contribution in [0.1, 0.15) is 21.3 Å². The average molecular weight is 120 g/mol. The largest absolute Gasteiger partial charge is 0.391 e. The lowest BCUT2D eigenvalue weighted by Gasteiger charge is -2.10. The molecule has 0 rings (SSSR count). The second-order valence-corrected chi connectivity index (χ2v) is 1.68. The maximum Gasteiger partial charge on any atom is 0.0799 e. The van der Waals surface area contributed by atoms with Gasteiger partial charge in [-0.3, -0.25) is 0 Å². The van der Waals surface area contributed by atoms with Crippen LogP contribution in [0.3, 0.4) is 0 Å². The molecule has 0 radical (unpaired) electrons. The van der Waals surface area contributed by atoms with Crippen LogP contribution in [0.15, 0.2) is 0 Å². The van der Waals surface area contributed by atoms with Gasteiger partial charge in [0.15, 0.2) is 0 Å². The SMILES string of the molecule is C.COC(C)C(C)O. The fourth-order valence-corrected chi connectivity index (χ4v) is 0.197. The van der Waals surface area contributed by atoms with Gasteiger partial charge in [-0.2, -0.15) is 0 Å². The van der Waals surface area contributed by atoms with Crippen LogP contribution in [0.4, 0.5) is 0 Å². The molecule has 0 aliphatic carbocycles. The second kappa shape index (κ2) is 5.06. The molecule has 0 fully saturated rings. The van der Waals surface area contributed by atoms with E-state index in [0.29, 0.717) is 0 Å². The van der Waals surface area contributed by atoms with Gasteiger partial charge in [0.05, 0.1) is 12.2 Å². The predicted octanol–water partition coefficient (Wildman–Crippen LogP) is 1.04. The average Bonchev–Trinajstić information content (AvgIpc) is 1.65. The van der Waals surface area contributed by atoms with Gasteiger partial charge >= 0.3 is 0 Å².